The quantitative estimate of drug-likeness (QED) is 0.846. The second-order valence-electron chi connectivity index (χ2n) is 5.88. The SMILES string of the molecule is CCC(Cc1ccccc1)N(C)CC1CCNCC1. The third-order valence-corrected chi connectivity index (χ3v) is 4.41. The number of nitrogens with zero attached hydrogens (tertiary/aromatic N) is 1. The van der Waals surface area contributed by atoms with Gasteiger partial charge in [0.05, 0.1) is 0 Å². The summed E-state index contributed by atoms with van der Waals surface area (Å²) < 4.78 is 0. The van der Waals surface area contributed by atoms with E-state index in [1.54, 1.807) is 0 Å². The summed E-state index contributed by atoms with van der Waals surface area (Å²) in [5, 5.41) is 3.45. The van der Waals surface area contributed by atoms with Crippen molar-refractivity contribution in [1.82, 2.24) is 10.2 Å². The fourth-order valence-corrected chi connectivity index (χ4v) is 3.12. The maximum atomic E-state index is 3.45. The summed E-state index contributed by atoms with van der Waals surface area (Å²) >= 11 is 0. The highest BCUT2D eigenvalue weighted by atomic mass is 15.1. The van der Waals surface area contributed by atoms with Crippen LogP contribution in [0.4, 0.5) is 0 Å². The molecule has 1 aromatic carbocycles. The van der Waals surface area contributed by atoms with Crippen molar-refractivity contribution in [2.75, 3.05) is 26.7 Å². The fourth-order valence-electron chi connectivity index (χ4n) is 3.12. The largest absolute Gasteiger partial charge is 0.317 e. The Morgan fingerprint density at radius 1 is 1.21 bits per heavy atom. The van der Waals surface area contributed by atoms with E-state index in [0.717, 1.165) is 5.92 Å². The molecule has 0 saturated carbocycles. The highest BCUT2D eigenvalue weighted by molar-refractivity contribution is 5.15. The van der Waals surface area contributed by atoms with Gasteiger partial charge in [-0.2, -0.15) is 0 Å². The molecule has 1 aliphatic rings. The molecule has 0 radical (unpaired) electrons. The summed E-state index contributed by atoms with van der Waals surface area (Å²) in [5.41, 5.74) is 1.46. The maximum absolute atomic E-state index is 3.45. The van der Waals surface area contributed by atoms with Gasteiger partial charge in [-0.05, 0) is 57.3 Å². The molecule has 1 aromatic rings. The summed E-state index contributed by atoms with van der Waals surface area (Å²) in [6, 6.07) is 11.6. The molecule has 1 fully saturated rings. The molecule has 0 amide bonds. The molecule has 1 N–H and O–H groups in total. The van der Waals surface area contributed by atoms with Crippen LogP contribution in [-0.2, 0) is 6.42 Å². The van der Waals surface area contributed by atoms with E-state index in [1.165, 1.54) is 50.9 Å². The first-order valence-electron chi connectivity index (χ1n) is 7.74. The lowest BCUT2D eigenvalue weighted by molar-refractivity contribution is 0.180. The Kier molecular flexibility index (Phi) is 5.87. The number of nitrogens with one attached hydrogen (secondary N) is 1. The predicted molar refractivity (Wildman–Crippen MR) is 82.4 cm³/mol. The first kappa shape index (κ1) is 14.5. The summed E-state index contributed by atoms with van der Waals surface area (Å²) in [6.07, 6.45) is 5.09. The summed E-state index contributed by atoms with van der Waals surface area (Å²) in [6.45, 7) is 5.97. The van der Waals surface area contributed by atoms with Crippen LogP contribution in [-0.4, -0.2) is 37.6 Å². The van der Waals surface area contributed by atoms with Crippen LogP contribution in [0.3, 0.4) is 0 Å². The summed E-state index contributed by atoms with van der Waals surface area (Å²) in [5.74, 6) is 0.885. The zero-order chi connectivity index (χ0) is 13.5. The van der Waals surface area contributed by atoms with Gasteiger partial charge in [0.25, 0.3) is 0 Å². The van der Waals surface area contributed by atoms with Gasteiger partial charge in [0, 0.05) is 12.6 Å². The van der Waals surface area contributed by atoms with Crippen LogP contribution in [0.15, 0.2) is 30.3 Å². The molecular formula is C17H28N2. The number of rotatable bonds is 6. The van der Waals surface area contributed by atoms with Crippen molar-refractivity contribution in [2.24, 2.45) is 5.92 Å². The third-order valence-electron chi connectivity index (χ3n) is 4.41. The molecule has 0 aromatic heterocycles. The first-order chi connectivity index (χ1) is 9.29. The van der Waals surface area contributed by atoms with Crippen LogP contribution < -0.4 is 5.32 Å². The van der Waals surface area contributed by atoms with E-state index in [1.807, 2.05) is 0 Å². The Balaban J connectivity index is 1.85. The van der Waals surface area contributed by atoms with Crippen LogP contribution in [0.25, 0.3) is 0 Å². The molecular weight excluding hydrogens is 232 g/mol. The molecule has 1 saturated heterocycles. The number of piperidine rings is 1. The zero-order valence-electron chi connectivity index (χ0n) is 12.4. The van der Waals surface area contributed by atoms with Gasteiger partial charge in [0.1, 0.15) is 0 Å². The van der Waals surface area contributed by atoms with Gasteiger partial charge in [-0.3, -0.25) is 0 Å². The summed E-state index contributed by atoms with van der Waals surface area (Å²) in [7, 11) is 2.30. The van der Waals surface area contributed by atoms with E-state index >= 15 is 0 Å². The summed E-state index contributed by atoms with van der Waals surface area (Å²) in [4.78, 5) is 2.59. The Labute approximate surface area is 118 Å². The van der Waals surface area contributed by atoms with Crippen molar-refractivity contribution in [3.63, 3.8) is 0 Å². The van der Waals surface area contributed by atoms with E-state index in [-0.39, 0.29) is 0 Å². The van der Waals surface area contributed by atoms with Gasteiger partial charge in [-0.15, -0.1) is 0 Å². The van der Waals surface area contributed by atoms with E-state index in [4.69, 9.17) is 0 Å². The molecule has 2 nitrogen and oxygen atoms in total. The number of hydrogen-bond acceptors (Lipinski definition) is 2. The Hall–Kier alpha value is -0.860. The van der Waals surface area contributed by atoms with E-state index in [2.05, 4.69) is 54.5 Å². The molecule has 1 heterocycles. The molecule has 19 heavy (non-hydrogen) atoms. The zero-order valence-corrected chi connectivity index (χ0v) is 12.4. The van der Waals surface area contributed by atoms with Crippen molar-refractivity contribution in [2.45, 2.75) is 38.6 Å². The van der Waals surface area contributed by atoms with E-state index < -0.39 is 0 Å². The minimum Gasteiger partial charge on any atom is -0.317 e. The second kappa shape index (κ2) is 7.66. The van der Waals surface area contributed by atoms with Gasteiger partial charge in [-0.25, -0.2) is 0 Å². The van der Waals surface area contributed by atoms with Crippen LogP contribution in [0.5, 0.6) is 0 Å². The second-order valence-corrected chi connectivity index (χ2v) is 5.88. The molecule has 2 rings (SSSR count). The minimum atomic E-state index is 0.678. The highest BCUT2D eigenvalue weighted by Gasteiger charge is 2.19. The Morgan fingerprint density at radius 3 is 2.53 bits per heavy atom. The van der Waals surface area contributed by atoms with Crippen molar-refractivity contribution in [3.05, 3.63) is 35.9 Å². The highest BCUT2D eigenvalue weighted by Crippen LogP contribution is 2.17. The topological polar surface area (TPSA) is 15.3 Å². The first-order valence-corrected chi connectivity index (χ1v) is 7.74. The van der Waals surface area contributed by atoms with Crippen molar-refractivity contribution >= 4 is 0 Å². The van der Waals surface area contributed by atoms with Crippen LogP contribution in [0.1, 0.15) is 31.7 Å². The fraction of sp³-hybridized carbons (Fsp3) is 0.647. The number of hydrogen-bond donors (Lipinski definition) is 1. The average Bonchev–Trinajstić information content (AvgIpc) is 2.47. The lowest BCUT2D eigenvalue weighted by Gasteiger charge is -2.32. The van der Waals surface area contributed by atoms with Crippen LogP contribution in [0.2, 0.25) is 0 Å². The lowest BCUT2D eigenvalue weighted by Crippen LogP contribution is -2.40. The van der Waals surface area contributed by atoms with E-state index in [0.29, 0.717) is 6.04 Å². The minimum absolute atomic E-state index is 0.678. The number of benzene rings is 1. The predicted octanol–water partition coefficient (Wildman–Crippen LogP) is 2.94. The molecule has 0 bridgehead atoms. The van der Waals surface area contributed by atoms with E-state index in [9.17, 15) is 0 Å². The average molecular weight is 260 g/mol. The van der Waals surface area contributed by atoms with Gasteiger partial charge >= 0.3 is 0 Å². The molecule has 1 unspecified atom stereocenters. The van der Waals surface area contributed by atoms with Gasteiger partial charge in [-0.1, -0.05) is 37.3 Å². The molecule has 0 aliphatic carbocycles. The molecule has 1 atom stereocenters. The van der Waals surface area contributed by atoms with Crippen LogP contribution >= 0.6 is 0 Å². The van der Waals surface area contributed by atoms with Crippen molar-refractivity contribution < 1.29 is 0 Å². The standard InChI is InChI=1S/C17H28N2/c1-3-17(13-15-7-5-4-6-8-15)19(2)14-16-9-11-18-12-10-16/h4-8,16-18H,3,9-14H2,1-2H3. The maximum Gasteiger partial charge on any atom is 0.0130 e. The lowest BCUT2D eigenvalue weighted by atomic mass is 9.95. The third kappa shape index (κ3) is 4.63. The number of likely N-dealkylation sites (N-methyl/N-ethyl adjacent to an activating group) is 1. The van der Waals surface area contributed by atoms with Crippen LogP contribution in [0, 0.1) is 5.92 Å². The normalized spacial score (nSPS) is 18.7. The van der Waals surface area contributed by atoms with Gasteiger partial charge in [0.2, 0.25) is 0 Å². The Morgan fingerprint density at radius 2 is 1.89 bits per heavy atom. The monoisotopic (exact) mass is 260 g/mol. The van der Waals surface area contributed by atoms with Crippen molar-refractivity contribution in [1.29, 1.82) is 0 Å². The van der Waals surface area contributed by atoms with Crippen molar-refractivity contribution in [3.8, 4) is 0 Å². The molecule has 0 spiro atoms. The van der Waals surface area contributed by atoms with Gasteiger partial charge < -0.3 is 10.2 Å². The molecule has 2 heteroatoms. The molecule has 1 aliphatic heterocycles. The Bertz CT molecular complexity index is 344. The van der Waals surface area contributed by atoms with Gasteiger partial charge in [0.15, 0.2) is 0 Å². The molecule has 106 valence electrons. The smallest absolute Gasteiger partial charge is 0.0130 e.